The number of hydrogen-bond donors (Lipinski definition) is 1. The van der Waals surface area contributed by atoms with Crippen molar-refractivity contribution in [3.8, 4) is 0 Å². The van der Waals surface area contributed by atoms with Crippen LogP contribution in [0.3, 0.4) is 0 Å². The van der Waals surface area contributed by atoms with Crippen LogP contribution < -0.4 is 5.32 Å². The van der Waals surface area contributed by atoms with Crippen molar-refractivity contribution < 1.29 is 22.4 Å². The Morgan fingerprint density at radius 2 is 2.16 bits per heavy atom. The van der Waals surface area contributed by atoms with Crippen LogP contribution in [0.25, 0.3) is 6.08 Å². The monoisotopic (exact) mass is 446 g/mol. The minimum atomic E-state index is -4.43. The number of carbonyl (C=O) groups is 1. The second-order valence-electron chi connectivity index (χ2n) is 7.48. The summed E-state index contributed by atoms with van der Waals surface area (Å²) in [4.78, 5) is 14.9. The summed E-state index contributed by atoms with van der Waals surface area (Å²) >= 11 is 0. The van der Waals surface area contributed by atoms with E-state index in [1.165, 1.54) is 12.4 Å². The summed E-state index contributed by atoms with van der Waals surface area (Å²) in [5.41, 5.74) is -0.360. The molecule has 0 radical (unpaired) electrons. The van der Waals surface area contributed by atoms with Gasteiger partial charge in [-0.1, -0.05) is 18.2 Å². The summed E-state index contributed by atoms with van der Waals surface area (Å²) < 4.78 is 45.7. The molecule has 0 unspecified atom stereocenters. The van der Waals surface area contributed by atoms with Gasteiger partial charge in [-0.15, -0.1) is 5.10 Å². The normalized spacial score (nSPS) is 19.6. The fourth-order valence-electron chi connectivity index (χ4n) is 3.74. The molecule has 0 saturated carbocycles. The van der Waals surface area contributed by atoms with E-state index >= 15 is 0 Å². The smallest absolute Gasteiger partial charge is 0.416 e. The van der Waals surface area contributed by atoms with E-state index < -0.39 is 17.8 Å². The molecular formula is C21H21F3N6O2. The third kappa shape index (κ3) is 5.22. The molecule has 1 N–H and O–H groups in total. The highest BCUT2D eigenvalue weighted by atomic mass is 19.4. The Hall–Kier alpha value is -3.47. The predicted octanol–water partition coefficient (Wildman–Crippen LogP) is 2.93. The van der Waals surface area contributed by atoms with Crippen molar-refractivity contribution in [2.24, 2.45) is 0 Å². The number of carbonyl (C=O) groups excluding carboxylic acids is 1. The molecular weight excluding hydrogens is 425 g/mol. The maximum absolute atomic E-state index is 12.9. The molecule has 0 spiro atoms. The zero-order valence-corrected chi connectivity index (χ0v) is 16.9. The van der Waals surface area contributed by atoms with E-state index in [1.54, 1.807) is 23.1 Å². The van der Waals surface area contributed by atoms with Crippen molar-refractivity contribution in [1.82, 2.24) is 30.4 Å². The van der Waals surface area contributed by atoms with Gasteiger partial charge >= 0.3 is 6.18 Å². The third-order valence-corrected chi connectivity index (χ3v) is 5.31. The largest absolute Gasteiger partial charge is 0.465 e. The Bertz CT molecular complexity index is 1050. The van der Waals surface area contributed by atoms with Crippen LogP contribution in [0.1, 0.15) is 29.3 Å². The number of hydrogen-bond acceptors (Lipinski definition) is 6. The van der Waals surface area contributed by atoms with Gasteiger partial charge in [0.1, 0.15) is 12.1 Å². The van der Waals surface area contributed by atoms with E-state index in [9.17, 15) is 18.0 Å². The number of nitrogens with one attached hydrogen (secondary N) is 1. The third-order valence-electron chi connectivity index (χ3n) is 5.31. The summed E-state index contributed by atoms with van der Waals surface area (Å²) in [5.74, 6) is 0.441. The quantitative estimate of drug-likeness (QED) is 0.600. The summed E-state index contributed by atoms with van der Waals surface area (Å²) in [6, 6.07) is 7.98. The van der Waals surface area contributed by atoms with E-state index in [4.69, 9.17) is 4.42 Å². The lowest BCUT2D eigenvalue weighted by molar-refractivity contribution is -0.137. The molecule has 168 valence electrons. The molecule has 2 aromatic heterocycles. The second-order valence-corrected chi connectivity index (χ2v) is 7.48. The van der Waals surface area contributed by atoms with Gasteiger partial charge in [-0.05, 0) is 52.8 Å². The number of halogens is 3. The molecule has 32 heavy (non-hydrogen) atoms. The molecule has 1 amide bonds. The number of aromatic nitrogens is 4. The van der Waals surface area contributed by atoms with Crippen LogP contribution in [0.15, 0.2) is 59.5 Å². The molecule has 0 bridgehead atoms. The van der Waals surface area contributed by atoms with Gasteiger partial charge in [0.05, 0.1) is 23.9 Å². The molecule has 1 aliphatic heterocycles. The van der Waals surface area contributed by atoms with Crippen molar-refractivity contribution in [3.05, 3.63) is 72.0 Å². The van der Waals surface area contributed by atoms with Crippen LogP contribution in [-0.4, -0.2) is 50.1 Å². The summed E-state index contributed by atoms with van der Waals surface area (Å²) in [7, 11) is 0. The van der Waals surface area contributed by atoms with Crippen LogP contribution in [-0.2, 0) is 17.5 Å². The Morgan fingerprint density at radius 1 is 1.28 bits per heavy atom. The number of tetrazole rings is 1. The Balaban J connectivity index is 1.42. The zero-order chi connectivity index (χ0) is 22.6. The van der Waals surface area contributed by atoms with E-state index in [-0.39, 0.29) is 18.5 Å². The Labute approximate surface area is 181 Å². The van der Waals surface area contributed by atoms with Crippen molar-refractivity contribution in [2.45, 2.75) is 31.2 Å². The maximum atomic E-state index is 12.9. The fourth-order valence-corrected chi connectivity index (χ4v) is 3.74. The van der Waals surface area contributed by atoms with Crippen LogP contribution in [0.4, 0.5) is 13.2 Å². The summed E-state index contributed by atoms with van der Waals surface area (Å²) in [6.45, 7) is 1.04. The number of furan rings is 1. The lowest BCUT2D eigenvalue weighted by Crippen LogP contribution is -2.43. The summed E-state index contributed by atoms with van der Waals surface area (Å²) in [6.07, 6.45) is 2.85. The minimum Gasteiger partial charge on any atom is -0.465 e. The molecule has 1 aromatic carbocycles. The van der Waals surface area contributed by atoms with Crippen LogP contribution in [0.2, 0.25) is 0 Å². The predicted molar refractivity (Wildman–Crippen MR) is 108 cm³/mol. The number of benzene rings is 1. The van der Waals surface area contributed by atoms with Crippen molar-refractivity contribution in [1.29, 1.82) is 0 Å². The molecule has 1 aliphatic rings. The lowest BCUT2D eigenvalue weighted by atomic mass is 10.1. The molecule has 8 nitrogen and oxygen atoms in total. The zero-order valence-electron chi connectivity index (χ0n) is 16.9. The molecule has 2 atom stereocenters. The van der Waals surface area contributed by atoms with Gasteiger partial charge < -0.3 is 9.73 Å². The van der Waals surface area contributed by atoms with Crippen molar-refractivity contribution >= 4 is 12.0 Å². The average Bonchev–Trinajstić information content (AvgIpc) is 3.53. The minimum absolute atomic E-state index is 0.00484. The highest BCUT2D eigenvalue weighted by Gasteiger charge is 2.37. The van der Waals surface area contributed by atoms with E-state index in [0.29, 0.717) is 30.8 Å². The number of alkyl halides is 3. The standard InChI is InChI=1S/C21H21F3N6O2/c22-21(23,24)16-5-1-4-15(10-16)12-25-20(31)19-11-17(30-14-26-27-28-30)13-29(19)8-2-6-18-7-3-9-32-18/h1-7,9-10,14,17,19H,8,11-13H2,(H,25,31)/b6-2+/t17-,19+/m1/s1. The molecule has 11 heteroatoms. The highest BCUT2D eigenvalue weighted by molar-refractivity contribution is 5.82. The van der Waals surface area contributed by atoms with Crippen LogP contribution >= 0.6 is 0 Å². The first-order chi connectivity index (χ1) is 15.4. The van der Waals surface area contributed by atoms with Crippen LogP contribution in [0.5, 0.6) is 0 Å². The van der Waals surface area contributed by atoms with Crippen molar-refractivity contribution in [3.63, 3.8) is 0 Å². The number of amides is 1. The number of likely N-dealkylation sites (tertiary alicyclic amines) is 1. The first-order valence-corrected chi connectivity index (χ1v) is 10.0. The molecule has 3 aromatic rings. The Kier molecular flexibility index (Phi) is 6.35. The van der Waals surface area contributed by atoms with Crippen LogP contribution in [0, 0.1) is 0 Å². The van der Waals surface area contributed by atoms with Gasteiger partial charge in [0.25, 0.3) is 0 Å². The van der Waals surface area contributed by atoms with Gasteiger partial charge in [0.15, 0.2) is 0 Å². The molecule has 1 saturated heterocycles. The maximum Gasteiger partial charge on any atom is 0.416 e. The number of nitrogens with zero attached hydrogens (tertiary/aromatic N) is 5. The first-order valence-electron chi connectivity index (χ1n) is 10.0. The van der Waals surface area contributed by atoms with Gasteiger partial charge in [-0.3, -0.25) is 9.69 Å². The molecule has 1 fully saturated rings. The number of rotatable bonds is 7. The van der Waals surface area contributed by atoms with Gasteiger partial charge in [-0.2, -0.15) is 13.2 Å². The van der Waals surface area contributed by atoms with Gasteiger partial charge in [0.2, 0.25) is 5.91 Å². The average molecular weight is 446 g/mol. The van der Waals surface area contributed by atoms with E-state index in [2.05, 4.69) is 20.8 Å². The summed E-state index contributed by atoms with van der Waals surface area (Å²) in [5, 5.41) is 14.0. The molecule has 4 rings (SSSR count). The molecule has 0 aliphatic carbocycles. The van der Waals surface area contributed by atoms with Crippen molar-refractivity contribution in [2.75, 3.05) is 13.1 Å². The lowest BCUT2D eigenvalue weighted by Gasteiger charge is -2.22. The van der Waals surface area contributed by atoms with E-state index in [1.807, 2.05) is 23.1 Å². The molecule has 3 heterocycles. The SMILES string of the molecule is O=C(NCc1cccc(C(F)(F)F)c1)[C@@H]1C[C@@H](n2cnnn2)CN1C/C=C/c1ccco1. The fraction of sp³-hybridized carbons (Fsp3) is 0.333. The van der Waals surface area contributed by atoms with Gasteiger partial charge in [0, 0.05) is 19.6 Å². The second kappa shape index (κ2) is 9.35. The van der Waals surface area contributed by atoms with Gasteiger partial charge in [-0.25, -0.2) is 4.68 Å². The highest BCUT2D eigenvalue weighted by Crippen LogP contribution is 2.30. The topological polar surface area (TPSA) is 89.1 Å². The first kappa shape index (κ1) is 21.8. The Morgan fingerprint density at radius 3 is 2.88 bits per heavy atom. The van der Waals surface area contributed by atoms with E-state index in [0.717, 1.165) is 12.1 Å².